The van der Waals surface area contributed by atoms with Gasteiger partial charge in [0.25, 0.3) is 0 Å². The minimum Gasteiger partial charge on any atom is -0.389 e. The molecule has 6 heterocycles. The normalized spacial score (nSPS) is 25.3. The topological polar surface area (TPSA) is 111 Å². The summed E-state index contributed by atoms with van der Waals surface area (Å²) in [5.74, 6) is -0.319. The molecule has 0 aliphatic carbocycles. The molecule has 4 aliphatic rings. The molecule has 2 aromatic heterocycles. The molecule has 13 heteroatoms. The highest BCUT2D eigenvalue weighted by Gasteiger charge is 2.43. The Morgan fingerprint density at radius 1 is 1.12 bits per heavy atom. The molecule has 272 valence electrons. The average Bonchev–Trinajstić information content (AvgIpc) is 3.47. The quantitative estimate of drug-likeness (QED) is 0.347. The number of halogens is 1. The predicted molar refractivity (Wildman–Crippen MR) is 190 cm³/mol. The van der Waals surface area contributed by atoms with Crippen molar-refractivity contribution in [3.8, 4) is 0 Å². The Kier molecular flexibility index (Phi) is 9.44. The second kappa shape index (κ2) is 13.4. The van der Waals surface area contributed by atoms with E-state index in [0.717, 1.165) is 69.3 Å². The van der Waals surface area contributed by atoms with Crippen molar-refractivity contribution in [2.24, 2.45) is 0 Å². The van der Waals surface area contributed by atoms with Gasteiger partial charge in [-0.2, -0.15) is 0 Å². The Morgan fingerprint density at radius 2 is 1.86 bits per heavy atom. The van der Waals surface area contributed by atoms with Crippen LogP contribution in [-0.2, 0) is 27.9 Å². The third kappa shape index (κ3) is 7.00. The summed E-state index contributed by atoms with van der Waals surface area (Å²) in [5, 5.41) is 19.0. The molecule has 3 atom stereocenters. The first-order valence-electron chi connectivity index (χ1n) is 18.1. The molecule has 3 fully saturated rings. The number of ether oxygens (including phenoxy) is 1. The van der Waals surface area contributed by atoms with E-state index < -0.39 is 11.0 Å². The van der Waals surface area contributed by atoms with E-state index in [1.54, 1.807) is 30.4 Å². The van der Waals surface area contributed by atoms with E-state index in [2.05, 4.69) is 47.7 Å². The molecule has 0 saturated carbocycles. The summed E-state index contributed by atoms with van der Waals surface area (Å²) in [6, 6.07) is 9.71. The van der Waals surface area contributed by atoms with Crippen LogP contribution >= 0.6 is 0 Å². The van der Waals surface area contributed by atoms with E-state index in [0.29, 0.717) is 36.4 Å². The van der Waals surface area contributed by atoms with Gasteiger partial charge in [0.1, 0.15) is 5.82 Å². The number of nitrogens with zero attached hydrogens (tertiary/aromatic N) is 7. The highest BCUT2D eigenvalue weighted by molar-refractivity contribution is 5.98. The molecule has 12 nitrogen and oxygen atoms in total. The number of aliphatic hydroxyl groups is 1. The molecule has 0 spiro atoms. The summed E-state index contributed by atoms with van der Waals surface area (Å²) < 4.78 is 22.2. The van der Waals surface area contributed by atoms with Crippen LogP contribution in [0.15, 0.2) is 35.1 Å². The highest BCUT2D eigenvalue weighted by Crippen LogP contribution is 2.42. The van der Waals surface area contributed by atoms with Gasteiger partial charge in [0, 0.05) is 81.3 Å². The summed E-state index contributed by atoms with van der Waals surface area (Å²) in [4.78, 5) is 37.9. The highest BCUT2D eigenvalue weighted by atomic mass is 19.1. The standard InChI is InChI=1S/C37H53FN8O4/c1-24-16-43(29(15-39-24)18-41-11-12-42(17-25(41)2)30-20-50-21-30)19-32(47)44-22-36(3,4)33-31(44)14-27(13-26-7-9-28(38)10-8-26)34-40-45(23-37(5,6)49)35(48)46(33)34/h7-10,14,24-25,29-30,39,49H,11-13,15-23H2,1-6H3/t24-,25-,29-/m1/s1. The Morgan fingerprint density at radius 3 is 2.52 bits per heavy atom. The molecular formula is C37H53FN8O4. The fourth-order valence-electron chi connectivity index (χ4n) is 8.28. The van der Waals surface area contributed by atoms with E-state index in [-0.39, 0.29) is 42.6 Å². The fourth-order valence-corrected chi connectivity index (χ4v) is 8.28. The third-order valence-corrected chi connectivity index (χ3v) is 11.0. The van der Waals surface area contributed by atoms with Crippen LogP contribution in [0, 0.1) is 5.82 Å². The lowest BCUT2D eigenvalue weighted by Gasteiger charge is -2.48. The SMILES string of the molecule is C[C@@H]1CN(CC(=O)N2CC(C)(C)c3c2cc(Cc2ccc(F)cc2)c2nn(CC(C)(C)O)c(=O)n32)[C@@H](CN2CCN(C3COC3)C[C@H]2C)CN1. The number of piperazine rings is 2. The molecule has 4 aliphatic heterocycles. The van der Waals surface area contributed by atoms with E-state index in [1.807, 2.05) is 11.0 Å². The van der Waals surface area contributed by atoms with Crippen LogP contribution in [0.1, 0.15) is 58.4 Å². The average molecular weight is 693 g/mol. The van der Waals surface area contributed by atoms with Crippen molar-refractivity contribution >= 4 is 17.2 Å². The minimum atomic E-state index is -1.16. The predicted octanol–water partition coefficient (Wildman–Crippen LogP) is 1.69. The summed E-state index contributed by atoms with van der Waals surface area (Å²) in [5.41, 5.74) is 1.50. The Labute approximate surface area is 293 Å². The maximum absolute atomic E-state index is 14.5. The van der Waals surface area contributed by atoms with Crippen molar-refractivity contribution in [3.05, 3.63) is 63.5 Å². The van der Waals surface area contributed by atoms with Crippen molar-refractivity contribution in [3.63, 3.8) is 0 Å². The lowest BCUT2D eigenvalue weighted by Crippen LogP contribution is -2.64. The Hall–Kier alpha value is -3.20. The molecule has 0 radical (unpaired) electrons. The van der Waals surface area contributed by atoms with Crippen LogP contribution in [0.3, 0.4) is 0 Å². The molecule has 2 N–H and O–H groups in total. The zero-order valence-electron chi connectivity index (χ0n) is 30.4. The molecule has 0 unspecified atom stereocenters. The number of anilines is 1. The maximum Gasteiger partial charge on any atom is 0.350 e. The van der Waals surface area contributed by atoms with E-state index >= 15 is 0 Å². The molecular weight excluding hydrogens is 639 g/mol. The van der Waals surface area contributed by atoms with Gasteiger partial charge < -0.3 is 20.1 Å². The number of aromatic nitrogens is 3. The number of hydrogen-bond acceptors (Lipinski definition) is 9. The summed E-state index contributed by atoms with van der Waals surface area (Å²) in [6.07, 6.45) is 0.398. The molecule has 7 rings (SSSR count). The van der Waals surface area contributed by atoms with Crippen molar-refractivity contribution in [2.45, 2.75) is 89.7 Å². The van der Waals surface area contributed by atoms with Gasteiger partial charge in [-0.3, -0.25) is 19.5 Å². The van der Waals surface area contributed by atoms with Gasteiger partial charge in [-0.1, -0.05) is 26.0 Å². The van der Waals surface area contributed by atoms with Gasteiger partial charge >= 0.3 is 5.69 Å². The Bertz CT molecular complexity index is 1780. The Balaban J connectivity index is 1.18. The first kappa shape index (κ1) is 35.2. The first-order valence-corrected chi connectivity index (χ1v) is 18.1. The smallest absolute Gasteiger partial charge is 0.350 e. The van der Waals surface area contributed by atoms with E-state index in [1.165, 1.54) is 16.8 Å². The van der Waals surface area contributed by atoms with Gasteiger partial charge in [-0.05, 0) is 51.5 Å². The second-order valence-electron chi connectivity index (χ2n) is 16.4. The maximum atomic E-state index is 14.5. The van der Waals surface area contributed by atoms with Crippen molar-refractivity contribution < 1.29 is 19.0 Å². The zero-order chi connectivity index (χ0) is 35.5. The summed E-state index contributed by atoms with van der Waals surface area (Å²) in [6.45, 7) is 19.8. The lowest BCUT2D eigenvalue weighted by atomic mass is 9.90. The fraction of sp³-hybridized carbons (Fsp3) is 0.649. The van der Waals surface area contributed by atoms with Gasteiger partial charge in [-0.25, -0.2) is 18.3 Å². The van der Waals surface area contributed by atoms with Crippen LogP contribution in [0.25, 0.3) is 5.65 Å². The van der Waals surface area contributed by atoms with Crippen LogP contribution in [0.5, 0.6) is 0 Å². The molecule has 0 bridgehead atoms. The molecule has 3 saturated heterocycles. The first-order chi connectivity index (χ1) is 23.7. The largest absolute Gasteiger partial charge is 0.389 e. The molecule has 1 amide bonds. The van der Waals surface area contributed by atoms with Crippen LogP contribution in [0.2, 0.25) is 0 Å². The van der Waals surface area contributed by atoms with E-state index in [4.69, 9.17) is 9.84 Å². The summed E-state index contributed by atoms with van der Waals surface area (Å²) in [7, 11) is 0. The van der Waals surface area contributed by atoms with Crippen molar-refractivity contribution in [1.82, 2.24) is 34.2 Å². The number of pyridine rings is 1. The number of hydrogen-bond donors (Lipinski definition) is 2. The molecule has 1 aromatic carbocycles. The monoisotopic (exact) mass is 692 g/mol. The number of amides is 1. The number of carbonyl (C=O) groups excluding carboxylic acids is 1. The lowest BCUT2D eigenvalue weighted by molar-refractivity contribution is -0.121. The van der Waals surface area contributed by atoms with Gasteiger partial charge in [-0.15, -0.1) is 5.10 Å². The van der Waals surface area contributed by atoms with E-state index in [9.17, 15) is 19.1 Å². The number of fused-ring (bicyclic) bond motifs is 3. The molecule has 3 aromatic rings. The number of carbonyl (C=O) groups is 1. The van der Waals surface area contributed by atoms with Crippen molar-refractivity contribution in [1.29, 1.82) is 0 Å². The number of rotatable bonds is 9. The van der Waals surface area contributed by atoms with Crippen LogP contribution in [-0.4, -0.2) is 135 Å². The van der Waals surface area contributed by atoms with Crippen molar-refractivity contribution in [2.75, 3.05) is 70.5 Å². The van der Waals surface area contributed by atoms with Crippen LogP contribution in [0.4, 0.5) is 10.1 Å². The van der Waals surface area contributed by atoms with Gasteiger partial charge in [0.2, 0.25) is 5.91 Å². The van der Waals surface area contributed by atoms with Gasteiger partial charge in [0.05, 0.1) is 49.3 Å². The third-order valence-electron chi connectivity index (χ3n) is 11.0. The zero-order valence-corrected chi connectivity index (χ0v) is 30.4. The number of nitrogens with one attached hydrogen (secondary N) is 1. The number of benzene rings is 1. The second-order valence-corrected chi connectivity index (χ2v) is 16.4. The van der Waals surface area contributed by atoms with Crippen LogP contribution < -0.4 is 15.9 Å². The summed E-state index contributed by atoms with van der Waals surface area (Å²) >= 11 is 0. The minimum absolute atomic E-state index is 0.00258. The van der Waals surface area contributed by atoms with Gasteiger partial charge in [0.15, 0.2) is 5.65 Å². The molecule has 50 heavy (non-hydrogen) atoms.